The van der Waals surface area contributed by atoms with Crippen LogP contribution in [0.1, 0.15) is 25.3 Å². The van der Waals surface area contributed by atoms with E-state index in [9.17, 15) is 18.0 Å². The minimum Gasteiger partial charge on any atom is -0.355 e. The molecule has 0 radical (unpaired) electrons. The molecule has 1 aromatic carbocycles. The first-order chi connectivity index (χ1) is 16.8. The van der Waals surface area contributed by atoms with Crippen LogP contribution < -0.4 is 15.5 Å². The summed E-state index contributed by atoms with van der Waals surface area (Å²) >= 11 is 6.40. The van der Waals surface area contributed by atoms with E-state index in [-0.39, 0.29) is 12.1 Å². The molecule has 1 saturated heterocycles. The van der Waals surface area contributed by atoms with Gasteiger partial charge in [-0.15, -0.1) is 0 Å². The second-order valence-corrected chi connectivity index (χ2v) is 8.53. The third-order valence-corrected chi connectivity index (χ3v) is 6.07. The number of hydrogen-bond acceptors (Lipinski definition) is 5. The summed E-state index contributed by atoms with van der Waals surface area (Å²) in [5.74, 6) is 0.625. The van der Waals surface area contributed by atoms with Crippen LogP contribution in [0.25, 0.3) is 22.5 Å². The fourth-order valence-electron chi connectivity index (χ4n) is 3.97. The molecule has 2 aromatic heterocycles. The van der Waals surface area contributed by atoms with Gasteiger partial charge in [-0.2, -0.15) is 13.2 Å². The van der Waals surface area contributed by atoms with Crippen LogP contribution in [0, 0.1) is 0 Å². The number of carbonyl (C=O) groups excluding carboxylic acids is 1. The lowest BCUT2D eigenvalue weighted by atomic mass is 10.0. The molecule has 0 saturated carbocycles. The predicted molar refractivity (Wildman–Crippen MR) is 128 cm³/mol. The van der Waals surface area contributed by atoms with Crippen LogP contribution in [0.15, 0.2) is 48.9 Å². The summed E-state index contributed by atoms with van der Waals surface area (Å²) in [6.07, 6.45) is 1.73. The van der Waals surface area contributed by atoms with Gasteiger partial charge in [-0.1, -0.05) is 23.7 Å². The Morgan fingerprint density at radius 3 is 2.46 bits per heavy atom. The van der Waals surface area contributed by atoms with Crippen molar-refractivity contribution in [3.63, 3.8) is 0 Å². The van der Waals surface area contributed by atoms with Gasteiger partial charge in [-0.05, 0) is 38.0 Å². The summed E-state index contributed by atoms with van der Waals surface area (Å²) in [7, 11) is 0. The van der Waals surface area contributed by atoms with Crippen molar-refractivity contribution in [2.24, 2.45) is 0 Å². The van der Waals surface area contributed by atoms with E-state index in [0.29, 0.717) is 53.0 Å². The molecule has 2 amide bonds. The van der Waals surface area contributed by atoms with Gasteiger partial charge in [0.25, 0.3) is 0 Å². The number of piperidine rings is 1. The average molecular weight is 505 g/mol. The number of rotatable bonds is 5. The van der Waals surface area contributed by atoms with Crippen LogP contribution in [0.5, 0.6) is 0 Å². The number of aromatic nitrogens is 3. The molecule has 1 aliphatic heterocycles. The first-order valence-electron chi connectivity index (χ1n) is 11.2. The number of pyridine rings is 1. The van der Waals surface area contributed by atoms with Crippen LogP contribution >= 0.6 is 11.6 Å². The predicted octanol–water partition coefficient (Wildman–Crippen LogP) is 5.17. The summed E-state index contributed by atoms with van der Waals surface area (Å²) in [6, 6.07) is 6.39. The molecule has 11 heteroatoms. The Morgan fingerprint density at radius 2 is 1.83 bits per heavy atom. The van der Waals surface area contributed by atoms with E-state index in [4.69, 9.17) is 16.6 Å². The Kier molecular flexibility index (Phi) is 7.39. The number of nitrogens with one attached hydrogen (secondary N) is 2. The van der Waals surface area contributed by atoms with Crippen molar-refractivity contribution in [1.82, 2.24) is 25.6 Å². The highest BCUT2D eigenvalue weighted by molar-refractivity contribution is 6.33. The van der Waals surface area contributed by atoms with Crippen LogP contribution in [-0.4, -0.2) is 46.7 Å². The van der Waals surface area contributed by atoms with E-state index in [1.807, 2.05) is 6.92 Å². The van der Waals surface area contributed by atoms with Crippen LogP contribution in [-0.2, 0) is 6.18 Å². The highest BCUT2D eigenvalue weighted by Gasteiger charge is 2.30. The molecule has 0 unspecified atom stereocenters. The van der Waals surface area contributed by atoms with Gasteiger partial charge in [-0.3, -0.25) is 9.97 Å². The molecule has 1 fully saturated rings. The highest BCUT2D eigenvalue weighted by Crippen LogP contribution is 2.36. The normalized spacial score (nSPS) is 14.6. The van der Waals surface area contributed by atoms with Crippen molar-refractivity contribution in [1.29, 1.82) is 0 Å². The van der Waals surface area contributed by atoms with Gasteiger partial charge < -0.3 is 15.5 Å². The number of urea groups is 1. The van der Waals surface area contributed by atoms with E-state index >= 15 is 0 Å². The smallest absolute Gasteiger partial charge is 0.355 e. The number of halogens is 4. The molecule has 0 aliphatic carbocycles. The summed E-state index contributed by atoms with van der Waals surface area (Å²) in [5.41, 5.74) is 1.21. The quantitative estimate of drug-likeness (QED) is 0.501. The molecule has 35 heavy (non-hydrogen) atoms. The topological polar surface area (TPSA) is 83.0 Å². The number of anilines is 1. The lowest BCUT2D eigenvalue weighted by molar-refractivity contribution is -0.137. The lowest BCUT2D eigenvalue weighted by Crippen LogP contribution is -2.48. The zero-order valence-corrected chi connectivity index (χ0v) is 19.7. The third kappa shape index (κ3) is 5.82. The Morgan fingerprint density at radius 1 is 1.11 bits per heavy atom. The summed E-state index contributed by atoms with van der Waals surface area (Å²) < 4.78 is 39.1. The lowest BCUT2D eigenvalue weighted by Gasteiger charge is -2.33. The fourth-order valence-corrected chi connectivity index (χ4v) is 4.17. The van der Waals surface area contributed by atoms with Gasteiger partial charge in [0.1, 0.15) is 11.5 Å². The third-order valence-electron chi connectivity index (χ3n) is 5.76. The summed E-state index contributed by atoms with van der Waals surface area (Å²) in [6.45, 7) is 3.75. The number of benzene rings is 1. The van der Waals surface area contributed by atoms with Crippen molar-refractivity contribution >= 4 is 23.4 Å². The largest absolute Gasteiger partial charge is 0.416 e. The van der Waals surface area contributed by atoms with E-state index in [0.717, 1.165) is 25.0 Å². The van der Waals surface area contributed by atoms with Crippen LogP contribution in [0.4, 0.5) is 23.8 Å². The van der Waals surface area contributed by atoms with Gasteiger partial charge in [0, 0.05) is 49.2 Å². The maximum Gasteiger partial charge on any atom is 0.416 e. The molecular weight excluding hydrogens is 481 g/mol. The van der Waals surface area contributed by atoms with E-state index in [1.165, 1.54) is 18.3 Å². The number of nitrogens with zero attached hydrogens (tertiary/aromatic N) is 4. The maximum absolute atomic E-state index is 13.0. The molecule has 0 spiro atoms. The molecule has 1 aliphatic rings. The highest BCUT2D eigenvalue weighted by atomic mass is 35.5. The van der Waals surface area contributed by atoms with E-state index in [2.05, 4.69) is 25.5 Å². The maximum atomic E-state index is 13.0. The van der Waals surface area contributed by atoms with Gasteiger partial charge in [0.15, 0.2) is 0 Å². The summed E-state index contributed by atoms with van der Waals surface area (Å²) in [5, 5.41) is 6.06. The molecular formula is C24H24ClF3N6O. The van der Waals surface area contributed by atoms with Crippen LogP contribution in [0.3, 0.4) is 0 Å². The molecule has 4 rings (SSSR count). The van der Waals surface area contributed by atoms with Gasteiger partial charge >= 0.3 is 12.2 Å². The molecule has 0 atom stereocenters. The molecule has 7 nitrogen and oxygen atoms in total. The minimum absolute atomic E-state index is 0.0614. The average Bonchev–Trinajstić information content (AvgIpc) is 2.84. The molecule has 184 valence electrons. The minimum atomic E-state index is -4.43. The Labute approximate surface area is 205 Å². The van der Waals surface area contributed by atoms with Crippen molar-refractivity contribution in [2.75, 3.05) is 24.5 Å². The number of hydrogen-bond donors (Lipinski definition) is 2. The fraction of sp³-hybridized carbons (Fsp3) is 0.333. The number of alkyl halides is 3. The van der Waals surface area contributed by atoms with Gasteiger partial charge in [0.2, 0.25) is 0 Å². The standard InChI is InChI=1S/C24H24ClF3N6O/c1-2-30-23(35)32-17-8-11-34(12-9-17)20-14-31-21(15-3-5-16(6-4-15)24(26,27)28)22(33-20)18-7-10-29-13-19(18)25/h3-7,10,13-14,17H,2,8-9,11-12H2,1H3,(H2,30,32,35). The van der Waals surface area contributed by atoms with Crippen molar-refractivity contribution < 1.29 is 18.0 Å². The zero-order valence-electron chi connectivity index (χ0n) is 18.9. The number of carbonyl (C=O) groups is 1. The van der Waals surface area contributed by atoms with E-state index < -0.39 is 11.7 Å². The first kappa shape index (κ1) is 24.7. The Balaban J connectivity index is 1.63. The Bertz CT molecular complexity index is 1180. The summed E-state index contributed by atoms with van der Waals surface area (Å²) in [4.78, 5) is 27.3. The van der Waals surface area contributed by atoms with Crippen molar-refractivity contribution in [3.8, 4) is 22.5 Å². The van der Waals surface area contributed by atoms with Crippen molar-refractivity contribution in [3.05, 3.63) is 59.5 Å². The molecule has 3 heterocycles. The monoisotopic (exact) mass is 504 g/mol. The van der Waals surface area contributed by atoms with Gasteiger partial charge in [0.05, 0.1) is 22.5 Å². The zero-order chi connectivity index (χ0) is 25.0. The van der Waals surface area contributed by atoms with Crippen molar-refractivity contribution in [2.45, 2.75) is 32.0 Å². The molecule has 2 N–H and O–H groups in total. The SMILES string of the molecule is CCNC(=O)NC1CCN(c2cnc(-c3ccc(C(F)(F)F)cc3)c(-c3ccncc3Cl)n2)CC1. The Hall–Kier alpha value is -3.40. The number of amides is 2. The molecule has 0 bridgehead atoms. The first-order valence-corrected chi connectivity index (χ1v) is 11.6. The second kappa shape index (κ2) is 10.5. The van der Waals surface area contributed by atoms with E-state index in [1.54, 1.807) is 18.5 Å². The van der Waals surface area contributed by atoms with Crippen LogP contribution in [0.2, 0.25) is 5.02 Å². The van der Waals surface area contributed by atoms with Gasteiger partial charge in [-0.25, -0.2) is 9.78 Å². The molecule has 3 aromatic rings. The second-order valence-electron chi connectivity index (χ2n) is 8.12.